The van der Waals surface area contributed by atoms with Gasteiger partial charge in [0.05, 0.1) is 23.8 Å². The van der Waals surface area contributed by atoms with Crippen LogP contribution >= 0.6 is 0 Å². The van der Waals surface area contributed by atoms with Gasteiger partial charge >= 0.3 is 0 Å². The lowest BCUT2D eigenvalue weighted by atomic mass is 10.0. The Morgan fingerprint density at radius 1 is 1.40 bits per heavy atom. The van der Waals surface area contributed by atoms with Crippen LogP contribution in [0.5, 0.6) is 0 Å². The Labute approximate surface area is 145 Å². The summed E-state index contributed by atoms with van der Waals surface area (Å²) in [6.45, 7) is 2.39. The maximum atomic E-state index is 10.3. The number of aromatic nitrogens is 2. The lowest BCUT2D eigenvalue weighted by molar-refractivity contribution is -0.0799. The van der Waals surface area contributed by atoms with Gasteiger partial charge in [0.15, 0.2) is 5.82 Å². The average Bonchev–Trinajstić information content (AvgIpc) is 3.35. The number of nitrogens with zero attached hydrogens (tertiary/aromatic N) is 4. The fourth-order valence-electron chi connectivity index (χ4n) is 2.97. The van der Waals surface area contributed by atoms with Gasteiger partial charge in [-0.15, -0.1) is 0 Å². The maximum Gasteiger partial charge on any atom is 0.252 e. The molecule has 4 rings (SSSR count). The molecule has 2 aromatic rings. The number of benzene rings is 1. The predicted molar refractivity (Wildman–Crippen MR) is 87.4 cm³/mol. The van der Waals surface area contributed by atoms with E-state index in [1.54, 1.807) is 18.2 Å². The Hall–Kier alpha value is -2.27. The number of aliphatic hydroxyl groups is 1. The molecule has 1 aromatic carbocycles. The zero-order valence-electron chi connectivity index (χ0n) is 13.8. The molecule has 1 saturated carbocycles. The predicted octanol–water partition coefficient (Wildman–Crippen LogP) is 1.75. The molecule has 0 spiro atoms. The van der Waals surface area contributed by atoms with Crippen LogP contribution in [0.4, 0.5) is 0 Å². The van der Waals surface area contributed by atoms with Crippen molar-refractivity contribution in [1.29, 1.82) is 5.26 Å². The summed E-state index contributed by atoms with van der Waals surface area (Å²) < 4.78 is 11.0. The number of likely N-dealkylation sites (tertiary alicyclic amines) is 1. The number of aliphatic hydroxyl groups excluding tert-OH is 1. The number of ether oxygens (including phenoxy) is 1. The van der Waals surface area contributed by atoms with E-state index in [1.807, 2.05) is 6.07 Å². The van der Waals surface area contributed by atoms with Gasteiger partial charge in [-0.25, -0.2) is 0 Å². The highest BCUT2D eigenvalue weighted by molar-refractivity contribution is 5.33. The Balaban J connectivity index is 1.20. The van der Waals surface area contributed by atoms with E-state index in [-0.39, 0.29) is 6.10 Å². The molecule has 1 aromatic heterocycles. The van der Waals surface area contributed by atoms with E-state index in [9.17, 15) is 5.11 Å². The van der Waals surface area contributed by atoms with E-state index in [0.717, 1.165) is 37.3 Å². The maximum absolute atomic E-state index is 10.3. The first-order chi connectivity index (χ1) is 12.2. The average molecular weight is 340 g/mol. The standard InChI is InChI=1S/C18H20N4O3/c19-7-12-2-1-3-14(6-12)16(23)10-22-8-15(9-22)24-11-17-20-18(21-25-17)13-4-5-13/h1-3,6,13,15-16,23H,4-5,8-11H2. The normalized spacial score (nSPS) is 19.4. The number of hydrogen-bond acceptors (Lipinski definition) is 7. The van der Waals surface area contributed by atoms with Gasteiger partial charge in [0, 0.05) is 25.6 Å². The monoisotopic (exact) mass is 340 g/mol. The van der Waals surface area contributed by atoms with Gasteiger partial charge < -0.3 is 14.4 Å². The molecular formula is C18H20N4O3. The van der Waals surface area contributed by atoms with E-state index in [2.05, 4.69) is 21.1 Å². The lowest BCUT2D eigenvalue weighted by Gasteiger charge is -2.39. The molecule has 0 radical (unpaired) electrons. The topological polar surface area (TPSA) is 95.4 Å². The molecule has 0 bridgehead atoms. The molecule has 0 amide bonds. The van der Waals surface area contributed by atoms with Crippen LogP contribution < -0.4 is 0 Å². The van der Waals surface area contributed by atoms with Crippen molar-refractivity contribution in [3.05, 3.63) is 47.1 Å². The molecule has 1 aliphatic carbocycles. The molecule has 1 aliphatic heterocycles. The van der Waals surface area contributed by atoms with Crippen molar-refractivity contribution in [3.63, 3.8) is 0 Å². The molecule has 2 aliphatic rings. The summed E-state index contributed by atoms with van der Waals surface area (Å²) >= 11 is 0. The molecule has 1 atom stereocenters. The number of nitriles is 1. The highest BCUT2D eigenvalue weighted by Gasteiger charge is 2.31. The van der Waals surface area contributed by atoms with Crippen molar-refractivity contribution < 1.29 is 14.4 Å². The highest BCUT2D eigenvalue weighted by atomic mass is 16.5. The van der Waals surface area contributed by atoms with Crippen LogP contribution in [0.3, 0.4) is 0 Å². The van der Waals surface area contributed by atoms with Crippen molar-refractivity contribution in [2.75, 3.05) is 19.6 Å². The molecule has 2 heterocycles. The zero-order valence-corrected chi connectivity index (χ0v) is 13.8. The van der Waals surface area contributed by atoms with Crippen LogP contribution in [0.2, 0.25) is 0 Å². The van der Waals surface area contributed by atoms with E-state index in [4.69, 9.17) is 14.5 Å². The second-order valence-electron chi connectivity index (χ2n) is 6.73. The summed E-state index contributed by atoms with van der Waals surface area (Å²) in [7, 11) is 0. The molecule has 1 saturated heterocycles. The Morgan fingerprint density at radius 3 is 3.00 bits per heavy atom. The van der Waals surface area contributed by atoms with Crippen molar-refractivity contribution in [3.8, 4) is 6.07 Å². The fraction of sp³-hybridized carbons (Fsp3) is 0.500. The molecule has 2 fully saturated rings. The van der Waals surface area contributed by atoms with E-state index < -0.39 is 6.10 Å². The van der Waals surface area contributed by atoms with Gasteiger partial charge in [-0.1, -0.05) is 17.3 Å². The summed E-state index contributed by atoms with van der Waals surface area (Å²) in [6, 6.07) is 9.18. The SMILES string of the molecule is N#Cc1cccc(C(O)CN2CC(OCc3nc(C4CC4)no3)C2)c1. The minimum Gasteiger partial charge on any atom is -0.387 e. The number of hydrogen-bond donors (Lipinski definition) is 1. The molecule has 1 N–H and O–H groups in total. The first-order valence-corrected chi connectivity index (χ1v) is 8.56. The second kappa shape index (κ2) is 6.92. The molecule has 130 valence electrons. The van der Waals surface area contributed by atoms with Gasteiger partial charge in [-0.3, -0.25) is 4.90 Å². The van der Waals surface area contributed by atoms with Crippen molar-refractivity contribution in [2.24, 2.45) is 0 Å². The van der Waals surface area contributed by atoms with Gasteiger partial charge in [0.1, 0.15) is 6.61 Å². The minimum atomic E-state index is -0.605. The first-order valence-electron chi connectivity index (χ1n) is 8.56. The minimum absolute atomic E-state index is 0.119. The second-order valence-corrected chi connectivity index (χ2v) is 6.73. The summed E-state index contributed by atoms with van der Waals surface area (Å²) in [4.78, 5) is 6.47. The molecule has 25 heavy (non-hydrogen) atoms. The lowest BCUT2D eigenvalue weighted by Crippen LogP contribution is -2.53. The van der Waals surface area contributed by atoms with Crippen molar-refractivity contribution in [2.45, 2.75) is 37.6 Å². The summed E-state index contributed by atoms with van der Waals surface area (Å²) in [5, 5.41) is 23.2. The van der Waals surface area contributed by atoms with Crippen molar-refractivity contribution in [1.82, 2.24) is 15.0 Å². The van der Waals surface area contributed by atoms with Crippen LogP contribution in [0, 0.1) is 11.3 Å². The highest BCUT2D eigenvalue weighted by Crippen LogP contribution is 2.38. The fourth-order valence-corrected chi connectivity index (χ4v) is 2.97. The van der Waals surface area contributed by atoms with E-state index in [0.29, 0.717) is 30.5 Å². The van der Waals surface area contributed by atoms with Gasteiger partial charge in [0.25, 0.3) is 5.89 Å². The third kappa shape index (κ3) is 3.87. The van der Waals surface area contributed by atoms with Crippen LogP contribution in [0.25, 0.3) is 0 Å². The quantitative estimate of drug-likeness (QED) is 0.820. The molecular weight excluding hydrogens is 320 g/mol. The molecule has 1 unspecified atom stereocenters. The van der Waals surface area contributed by atoms with Crippen LogP contribution in [0.1, 0.15) is 47.7 Å². The zero-order chi connectivity index (χ0) is 17.2. The summed E-state index contributed by atoms with van der Waals surface area (Å²) in [5.41, 5.74) is 1.33. The van der Waals surface area contributed by atoms with Gasteiger partial charge in [-0.2, -0.15) is 10.2 Å². The largest absolute Gasteiger partial charge is 0.387 e. The van der Waals surface area contributed by atoms with E-state index >= 15 is 0 Å². The molecule has 7 heteroatoms. The van der Waals surface area contributed by atoms with Gasteiger partial charge in [-0.05, 0) is 30.5 Å². The molecule has 7 nitrogen and oxygen atoms in total. The smallest absolute Gasteiger partial charge is 0.252 e. The Morgan fingerprint density at radius 2 is 2.24 bits per heavy atom. The number of rotatable bonds is 7. The van der Waals surface area contributed by atoms with Crippen LogP contribution in [-0.4, -0.2) is 45.9 Å². The van der Waals surface area contributed by atoms with E-state index in [1.165, 1.54) is 0 Å². The number of β-amino-alcohol motifs (C(OH)–C–C–N with tert-alkyl or cyclic N) is 1. The Kier molecular flexibility index (Phi) is 4.49. The third-order valence-corrected chi connectivity index (χ3v) is 4.62. The van der Waals surface area contributed by atoms with Crippen molar-refractivity contribution >= 4 is 0 Å². The van der Waals surface area contributed by atoms with Gasteiger partial charge in [0.2, 0.25) is 0 Å². The third-order valence-electron chi connectivity index (χ3n) is 4.62. The first kappa shape index (κ1) is 16.2. The Bertz CT molecular complexity index is 775. The van der Waals surface area contributed by atoms with Crippen LogP contribution in [0.15, 0.2) is 28.8 Å². The van der Waals surface area contributed by atoms with Crippen LogP contribution in [-0.2, 0) is 11.3 Å². The summed E-state index contributed by atoms with van der Waals surface area (Å²) in [5.74, 6) is 1.82. The summed E-state index contributed by atoms with van der Waals surface area (Å²) in [6.07, 6.45) is 1.81.